The molecule has 20 heavy (non-hydrogen) atoms. The van der Waals surface area contributed by atoms with Crippen molar-refractivity contribution in [2.45, 2.75) is 18.3 Å². The second-order valence-electron chi connectivity index (χ2n) is 5.21. The van der Waals surface area contributed by atoms with Crippen molar-refractivity contribution in [2.24, 2.45) is 0 Å². The molecule has 3 nitrogen and oxygen atoms in total. The minimum atomic E-state index is -0.0367. The van der Waals surface area contributed by atoms with E-state index >= 15 is 0 Å². The molecule has 1 aromatic heterocycles. The number of amides is 1. The first-order valence-electron chi connectivity index (χ1n) is 6.68. The molecule has 1 fully saturated rings. The molecule has 1 aliphatic rings. The lowest BCUT2D eigenvalue weighted by Gasteiger charge is -2.15. The molecule has 0 atom stereocenters. The third-order valence-corrected chi connectivity index (χ3v) is 4.59. The molecule has 104 valence electrons. The zero-order valence-electron chi connectivity index (χ0n) is 11.4. The van der Waals surface area contributed by atoms with Crippen LogP contribution < -0.4 is 10.1 Å². The van der Waals surface area contributed by atoms with Crippen molar-refractivity contribution in [3.8, 4) is 5.75 Å². The van der Waals surface area contributed by atoms with Gasteiger partial charge in [-0.05, 0) is 53.4 Å². The Balaban J connectivity index is 1.65. The highest BCUT2D eigenvalue weighted by atomic mass is 32.1. The zero-order valence-corrected chi connectivity index (χ0v) is 12.2. The minimum Gasteiger partial charge on any atom is -0.497 e. The molecule has 1 aromatic carbocycles. The van der Waals surface area contributed by atoms with Crippen molar-refractivity contribution in [3.63, 3.8) is 0 Å². The van der Waals surface area contributed by atoms with Gasteiger partial charge >= 0.3 is 0 Å². The first-order chi connectivity index (χ1) is 9.73. The summed E-state index contributed by atoms with van der Waals surface area (Å²) in [5.74, 6) is 0.669. The van der Waals surface area contributed by atoms with E-state index in [1.165, 1.54) is 5.56 Å². The monoisotopic (exact) mass is 287 g/mol. The topological polar surface area (TPSA) is 38.3 Å². The quantitative estimate of drug-likeness (QED) is 0.917. The molecule has 1 N–H and O–H groups in total. The van der Waals surface area contributed by atoms with Crippen molar-refractivity contribution in [2.75, 3.05) is 13.7 Å². The Morgan fingerprint density at radius 1 is 1.40 bits per heavy atom. The third-order valence-electron chi connectivity index (χ3n) is 3.91. The van der Waals surface area contributed by atoms with Crippen molar-refractivity contribution in [1.29, 1.82) is 0 Å². The van der Waals surface area contributed by atoms with Gasteiger partial charge in [0.25, 0.3) is 5.91 Å². The predicted octanol–water partition coefficient (Wildman–Crippen LogP) is 3.22. The van der Waals surface area contributed by atoms with Crippen molar-refractivity contribution in [3.05, 3.63) is 52.2 Å². The smallest absolute Gasteiger partial charge is 0.251 e. The average molecular weight is 287 g/mol. The van der Waals surface area contributed by atoms with Gasteiger partial charge in [-0.3, -0.25) is 4.79 Å². The zero-order chi connectivity index (χ0) is 14.0. The molecule has 2 aromatic rings. The maximum atomic E-state index is 12.2. The van der Waals surface area contributed by atoms with Gasteiger partial charge in [-0.15, -0.1) is 0 Å². The molecule has 1 aliphatic carbocycles. The first-order valence-corrected chi connectivity index (χ1v) is 7.63. The fourth-order valence-electron chi connectivity index (χ4n) is 2.40. The van der Waals surface area contributed by atoms with Crippen LogP contribution in [-0.4, -0.2) is 19.6 Å². The molecule has 4 heteroatoms. The standard InChI is InChI=1S/C16H17NO2S/c1-19-14-4-2-3-12(9-14)15(18)17-11-16(6-7-16)13-5-8-20-10-13/h2-5,8-10H,6-7,11H2,1H3,(H,17,18). The summed E-state index contributed by atoms with van der Waals surface area (Å²) in [6, 6.07) is 9.40. The highest BCUT2D eigenvalue weighted by molar-refractivity contribution is 7.08. The van der Waals surface area contributed by atoms with Crippen LogP contribution in [0.1, 0.15) is 28.8 Å². The van der Waals surface area contributed by atoms with Gasteiger partial charge in [0.05, 0.1) is 7.11 Å². The number of hydrogen-bond acceptors (Lipinski definition) is 3. The van der Waals surface area contributed by atoms with E-state index in [1.54, 1.807) is 24.5 Å². The Hall–Kier alpha value is -1.81. The molecular weight excluding hydrogens is 270 g/mol. The first kappa shape index (κ1) is 13.2. The van der Waals surface area contributed by atoms with Crippen LogP contribution in [0, 0.1) is 0 Å². The van der Waals surface area contributed by atoms with Gasteiger partial charge in [0.15, 0.2) is 0 Å². The number of nitrogens with one attached hydrogen (secondary N) is 1. The summed E-state index contributed by atoms with van der Waals surface area (Å²) in [4.78, 5) is 12.2. The Morgan fingerprint density at radius 3 is 2.90 bits per heavy atom. The van der Waals surface area contributed by atoms with Crippen LogP contribution in [0.3, 0.4) is 0 Å². The second kappa shape index (κ2) is 5.29. The lowest BCUT2D eigenvalue weighted by molar-refractivity contribution is 0.0949. The summed E-state index contributed by atoms with van der Waals surface area (Å²) in [6.07, 6.45) is 2.31. The highest BCUT2D eigenvalue weighted by Gasteiger charge is 2.44. The van der Waals surface area contributed by atoms with Crippen molar-refractivity contribution in [1.82, 2.24) is 5.32 Å². The molecule has 0 radical (unpaired) electrons. The van der Waals surface area contributed by atoms with Crippen molar-refractivity contribution >= 4 is 17.2 Å². The van der Waals surface area contributed by atoms with E-state index in [1.807, 2.05) is 18.2 Å². The summed E-state index contributed by atoms with van der Waals surface area (Å²) in [6.45, 7) is 0.708. The molecule has 3 rings (SSSR count). The molecule has 0 aliphatic heterocycles. The number of methoxy groups -OCH3 is 1. The Bertz CT molecular complexity index is 603. The number of carbonyl (C=O) groups is 1. The number of rotatable bonds is 5. The van der Waals surface area contributed by atoms with Crippen LogP contribution in [-0.2, 0) is 5.41 Å². The Kier molecular flexibility index (Phi) is 3.49. The lowest BCUT2D eigenvalue weighted by atomic mass is 9.99. The van der Waals surface area contributed by atoms with Gasteiger partial charge in [-0.25, -0.2) is 0 Å². The number of thiophene rings is 1. The predicted molar refractivity (Wildman–Crippen MR) is 80.6 cm³/mol. The minimum absolute atomic E-state index is 0.0367. The van der Waals surface area contributed by atoms with E-state index in [2.05, 4.69) is 22.1 Å². The largest absolute Gasteiger partial charge is 0.497 e. The van der Waals surface area contributed by atoms with Gasteiger partial charge < -0.3 is 10.1 Å². The summed E-state index contributed by atoms with van der Waals surface area (Å²) >= 11 is 1.71. The Morgan fingerprint density at radius 2 is 2.25 bits per heavy atom. The maximum absolute atomic E-state index is 12.2. The van der Waals surface area contributed by atoms with Crippen LogP contribution in [0.5, 0.6) is 5.75 Å². The van der Waals surface area contributed by atoms with Gasteiger partial charge in [-0.1, -0.05) is 6.07 Å². The van der Waals surface area contributed by atoms with Crippen LogP contribution in [0.2, 0.25) is 0 Å². The third kappa shape index (κ3) is 2.56. The molecule has 0 spiro atoms. The van der Waals surface area contributed by atoms with Crippen LogP contribution >= 0.6 is 11.3 Å². The fourth-order valence-corrected chi connectivity index (χ4v) is 3.18. The summed E-state index contributed by atoms with van der Waals surface area (Å²) in [5.41, 5.74) is 2.17. The van der Waals surface area contributed by atoms with Gasteiger partial charge in [0.2, 0.25) is 0 Å². The number of hydrogen-bond donors (Lipinski definition) is 1. The summed E-state index contributed by atoms with van der Waals surface area (Å²) in [7, 11) is 1.60. The number of carbonyl (C=O) groups excluding carboxylic acids is 1. The molecule has 0 saturated heterocycles. The SMILES string of the molecule is COc1cccc(C(=O)NCC2(c3ccsc3)CC2)c1. The van der Waals surface area contributed by atoms with Crippen LogP contribution in [0.25, 0.3) is 0 Å². The van der Waals surface area contributed by atoms with Gasteiger partial charge in [0.1, 0.15) is 5.75 Å². The number of benzene rings is 1. The fraction of sp³-hybridized carbons (Fsp3) is 0.312. The molecule has 1 heterocycles. The van der Waals surface area contributed by atoms with E-state index in [-0.39, 0.29) is 11.3 Å². The highest BCUT2D eigenvalue weighted by Crippen LogP contribution is 2.48. The van der Waals surface area contributed by atoms with E-state index in [0.29, 0.717) is 17.9 Å². The van der Waals surface area contributed by atoms with Gasteiger partial charge in [-0.2, -0.15) is 11.3 Å². The average Bonchev–Trinajstić information content (AvgIpc) is 3.08. The van der Waals surface area contributed by atoms with E-state index in [0.717, 1.165) is 12.8 Å². The molecule has 0 bridgehead atoms. The van der Waals surface area contributed by atoms with E-state index < -0.39 is 0 Å². The normalized spacial score (nSPS) is 15.7. The second-order valence-corrected chi connectivity index (χ2v) is 5.99. The summed E-state index contributed by atoms with van der Waals surface area (Å²) < 4.78 is 5.14. The van der Waals surface area contributed by atoms with E-state index in [4.69, 9.17) is 4.74 Å². The molecule has 1 saturated carbocycles. The van der Waals surface area contributed by atoms with Crippen LogP contribution in [0.15, 0.2) is 41.1 Å². The summed E-state index contributed by atoms with van der Waals surface area (Å²) in [5, 5.41) is 7.33. The van der Waals surface area contributed by atoms with Crippen LogP contribution in [0.4, 0.5) is 0 Å². The molecule has 0 unspecified atom stereocenters. The van der Waals surface area contributed by atoms with Gasteiger partial charge in [0, 0.05) is 17.5 Å². The molecule has 1 amide bonds. The molecular formula is C16H17NO2S. The maximum Gasteiger partial charge on any atom is 0.251 e. The van der Waals surface area contributed by atoms with Crippen molar-refractivity contribution < 1.29 is 9.53 Å². The van der Waals surface area contributed by atoms with E-state index in [9.17, 15) is 4.79 Å². The number of ether oxygens (including phenoxy) is 1. The lowest BCUT2D eigenvalue weighted by Crippen LogP contribution is -2.32. The Labute approximate surface area is 122 Å².